The lowest BCUT2D eigenvalue weighted by atomic mass is 10.1. The molecule has 1 amide bonds. The summed E-state index contributed by atoms with van der Waals surface area (Å²) in [5.41, 5.74) is 1.89. The lowest BCUT2D eigenvalue weighted by molar-refractivity contribution is -0.114. The summed E-state index contributed by atoms with van der Waals surface area (Å²) in [5, 5.41) is 12.2. The Hall–Kier alpha value is -3.08. The summed E-state index contributed by atoms with van der Waals surface area (Å²) in [6.07, 6.45) is 3.09. The predicted molar refractivity (Wildman–Crippen MR) is 88.8 cm³/mol. The Labute approximate surface area is 134 Å². The SMILES string of the molecule is COc1cc(/C=C/C(=O)c2ccc(NC(C)=O)cc2)ccc1O. The van der Waals surface area contributed by atoms with E-state index < -0.39 is 0 Å². The van der Waals surface area contributed by atoms with Crippen molar-refractivity contribution >= 4 is 23.5 Å². The minimum Gasteiger partial charge on any atom is -0.504 e. The molecule has 5 nitrogen and oxygen atoms in total. The Morgan fingerprint density at radius 1 is 1.13 bits per heavy atom. The molecule has 2 aromatic rings. The molecule has 0 unspecified atom stereocenters. The molecule has 0 aromatic heterocycles. The van der Waals surface area contributed by atoms with E-state index in [0.29, 0.717) is 17.0 Å². The first-order valence-corrected chi connectivity index (χ1v) is 6.96. The summed E-state index contributed by atoms with van der Waals surface area (Å²) in [5.74, 6) is 0.0699. The van der Waals surface area contributed by atoms with E-state index in [1.54, 1.807) is 42.5 Å². The first-order chi connectivity index (χ1) is 11.0. The number of hydrogen-bond acceptors (Lipinski definition) is 4. The van der Waals surface area contributed by atoms with Crippen LogP contribution >= 0.6 is 0 Å². The molecule has 2 N–H and O–H groups in total. The average molecular weight is 311 g/mol. The Balaban J connectivity index is 2.10. The molecule has 0 saturated carbocycles. The van der Waals surface area contributed by atoms with Gasteiger partial charge in [-0.25, -0.2) is 0 Å². The minimum atomic E-state index is -0.162. The van der Waals surface area contributed by atoms with Crippen molar-refractivity contribution in [1.82, 2.24) is 0 Å². The van der Waals surface area contributed by atoms with Crippen LogP contribution in [0.15, 0.2) is 48.5 Å². The van der Waals surface area contributed by atoms with Crippen molar-refractivity contribution in [2.45, 2.75) is 6.92 Å². The van der Waals surface area contributed by atoms with E-state index in [1.165, 1.54) is 26.2 Å². The van der Waals surface area contributed by atoms with Gasteiger partial charge in [0.1, 0.15) is 0 Å². The number of ketones is 1. The van der Waals surface area contributed by atoms with Gasteiger partial charge in [-0.2, -0.15) is 0 Å². The van der Waals surface area contributed by atoms with Gasteiger partial charge in [-0.05, 0) is 48.0 Å². The molecule has 118 valence electrons. The molecule has 0 radical (unpaired) electrons. The number of allylic oxidation sites excluding steroid dienone is 1. The lowest BCUT2D eigenvalue weighted by Gasteiger charge is -2.04. The van der Waals surface area contributed by atoms with Crippen LogP contribution in [0.5, 0.6) is 11.5 Å². The van der Waals surface area contributed by atoms with Crippen LogP contribution in [-0.4, -0.2) is 23.9 Å². The van der Waals surface area contributed by atoms with Crippen LogP contribution in [0.3, 0.4) is 0 Å². The highest BCUT2D eigenvalue weighted by Crippen LogP contribution is 2.26. The van der Waals surface area contributed by atoms with Crippen molar-refractivity contribution in [1.29, 1.82) is 0 Å². The maximum atomic E-state index is 12.1. The topological polar surface area (TPSA) is 75.6 Å². The highest BCUT2D eigenvalue weighted by molar-refractivity contribution is 6.07. The van der Waals surface area contributed by atoms with Gasteiger partial charge in [0.05, 0.1) is 7.11 Å². The number of carbonyl (C=O) groups is 2. The van der Waals surface area contributed by atoms with E-state index in [0.717, 1.165) is 5.56 Å². The molecule has 0 saturated heterocycles. The van der Waals surface area contributed by atoms with Gasteiger partial charge in [0.15, 0.2) is 17.3 Å². The van der Waals surface area contributed by atoms with Gasteiger partial charge in [0, 0.05) is 18.2 Å². The normalized spacial score (nSPS) is 10.5. The molecule has 0 atom stereocenters. The van der Waals surface area contributed by atoms with E-state index >= 15 is 0 Å². The van der Waals surface area contributed by atoms with Crippen molar-refractivity contribution in [3.63, 3.8) is 0 Å². The van der Waals surface area contributed by atoms with Crippen LogP contribution in [0.2, 0.25) is 0 Å². The molecule has 2 rings (SSSR count). The van der Waals surface area contributed by atoms with Crippen molar-refractivity contribution in [2.75, 3.05) is 12.4 Å². The van der Waals surface area contributed by atoms with Crippen LogP contribution in [-0.2, 0) is 4.79 Å². The Kier molecular flexibility index (Phi) is 5.15. The summed E-state index contributed by atoms with van der Waals surface area (Å²) in [7, 11) is 1.46. The van der Waals surface area contributed by atoms with Crippen LogP contribution < -0.4 is 10.1 Å². The number of phenolic OH excluding ortho intramolecular Hbond substituents is 1. The van der Waals surface area contributed by atoms with Gasteiger partial charge >= 0.3 is 0 Å². The van der Waals surface area contributed by atoms with Gasteiger partial charge in [-0.15, -0.1) is 0 Å². The van der Waals surface area contributed by atoms with Gasteiger partial charge in [-0.3, -0.25) is 9.59 Å². The first kappa shape index (κ1) is 16.3. The molecule has 5 heteroatoms. The molecule has 0 aliphatic heterocycles. The zero-order chi connectivity index (χ0) is 16.8. The fraction of sp³-hybridized carbons (Fsp3) is 0.111. The zero-order valence-corrected chi connectivity index (χ0v) is 12.9. The number of phenols is 1. The summed E-state index contributed by atoms with van der Waals surface area (Å²) in [4.78, 5) is 23.1. The quantitative estimate of drug-likeness (QED) is 0.656. The Morgan fingerprint density at radius 3 is 2.43 bits per heavy atom. The van der Waals surface area contributed by atoms with Crippen LogP contribution in [0.4, 0.5) is 5.69 Å². The predicted octanol–water partition coefficient (Wildman–Crippen LogP) is 3.26. The lowest BCUT2D eigenvalue weighted by Crippen LogP contribution is -2.05. The number of amides is 1. The summed E-state index contributed by atoms with van der Waals surface area (Å²) < 4.78 is 5.02. The third-order valence-corrected chi connectivity index (χ3v) is 3.12. The van der Waals surface area contributed by atoms with Crippen molar-refractivity contribution in [3.8, 4) is 11.5 Å². The van der Waals surface area contributed by atoms with E-state index in [9.17, 15) is 14.7 Å². The molecule has 0 heterocycles. The third-order valence-electron chi connectivity index (χ3n) is 3.12. The number of anilines is 1. The fourth-order valence-electron chi connectivity index (χ4n) is 1.99. The monoisotopic (exact) mass is 311 g/mol. The smallest absolute Gasteiger partial charge is 0.221 e. The van der Waals surface area contributed by atoms with Gasteiger partial charge < -0.3 is 15.2 Å². The molecule has 0 aliphatic carbocycles. The first-order valence-electron chi connectivity index (χ1n) is 6.96. The highest BCUT2D eigenvalue weighted by atomic mass is 16.5. The standard InChI is InChI=1S/C18H17NO4/c1-12(20)19-15-7-5-14(6-8-15)16(21)9-3-13-4-10-17(22)18(11-13)23-2/h3-11,22H,1-2H3,(H,19,20)/b9-3+. The zero-order valence-electron chi connectivity index (χ0n) is 12.9. The summed E-state index contributed by atoms with van der Waals surface area (Å²) >= 11 is 0. The van der Waals surface area contributed by atoms with Crippen molar-refractivity contribution in [2.24, 2.45) is 0 Å². The number of ether oxygens (including phenoxy) is 1. The van der Waals surface area contributed by atoms with E-state index in [2.05, 4.69) is 5.32 Å². The highest BCUT2D eigenvalue weighted by Gasteiger charge is 2.04. The van der Waals surface area contributed by atoms with E-state index in [1.807, 2.05) is 0 Å². The van der Waals surface area contributed by atoms with Crippen LogP contribution in [0.1, 0.15) is 22.8 Å². The average Bonchev–Trinajstić information content (AvgIpc) is 2.54. The molecule has 23 heavy (non-hydrogen) atoms. The number of rotatable bonds is 5. The number of carbonyl (C=O) groups excluding carboxylic acids is 2. The molecule has 0 fully saturated rings. The van der Waals surface area contributed by atoms with Crippen molar-refractivity contribution in [3.05, 3.63) is 59.7 Å². The number of methoxy groups -OCH3 is 1. The maximum absolute atomic E-state index is 12.1. The number of aromatic hydroxyl groups is 1. The molecular formula is C18H17NO4. The fourth-order valence-corrected chi connectivity index (χ4v) is 1.99. The number of nitrogens with one attached hydrogen (secondary N) is 1. The number of hydrogen-bond donors (Lipinski definition) is 2. The molecular weight excluding hydrogens is 294 g/mol. The molecule has 0 aliphatic rings. The second kappa shape index (κ2) is 7.26. The van der Waals surface area contributed by atoms with Gasteiger partial charge in [0.25, 0.3) is 0 Å². The minimum absolute atomic E-state index is 0.0459. The van der Waals surface area contributed by atoms with Crippen LogP contribution in [0.25, 0.3) is 6.08 Å². The molecule has 0 bridgehead atoms. The summed E-state index contributed by atoms with van der Waals surface area (Å²) in [6, 6.07) is 11.5. The van der Waals surface area contributed by atoms with Gasteiger partial charge in [0.2, 0.25) is 5.91 Å². The maximum Gasteiger partial charge on any atom is 0.221 e. The van der Waals surface area contributed by atoms with Crippen LogP contribution in [0, 0.1) is 0 Å². The third kappa shape index (κ3) is 4.44. The second-order valence-corrected chi connectivity index (χ2v) is 4.89. The van der Waals surface area contributed by atoms with E-state index in [-0.39, 0.29) is 17.4 Å². The second-order valence-electron chi connectivity index (χ2n) is 4.89. The van der Waals surface area contributed by atoms with E-state index in [4.69, 9.17) is 4.74 Å². The van der Waals surface area contributed by atoms with Crippen molar-refractivity contribution < 1.29 is 19.4 Å². The summed E-state index contributed by atoms with van der Waals surface area (Å²) in [6.45, 7) is 1.42. The molecule has 0 spiro atoms. The Bertz CT molecular complexity index is 748. The number of benzene rings is 2. The van der Waals surface area contributed by atoms with Gasteiger partial charge in [-0.1, -0.05) is 12.1 Å². The Morgan fingerprint density at radius 2 is 1.83 bits per heavy atom. The largest absolute Gasteiger partial charge is 0.504 e. The molecule has 2 aromatic carbocycles.